The summed E-state index contributed by atoms with van der Waals surface area (Å²) >= 11 is 0. The first kappa shape index (κ1) is 11.5. The minimum absolute atomic E-state index is 0.549. The molecule has 1 aromatic carbocycles. The topological polar surface area (TPSA) is 40.7 Å². The molecule has 2 aromatic rings. The standard InChI is InChI=1S/C15H19N3/c1-2-13-14(11-6-4-3-5-7-11)18-15(17-13)12-8-9-16-10-12/h3-7,12,16H,2,8-10H2,1H3,(H,17,18). The molecule has 3 rings (SSSR count). The van der Waals surface area contributed by atoms with Gasteiger partial charge < -0.3 is 10.3 Å². The van der Waals surface area contributed by atoms with Gasteiger partial charge in [-0.2, -0.15) is 0 Å². The Hall–Kier alpha value is -1.61. The number of imidazole rings is 1. The number of H-pyrrole nitrogens is 1. The summed E-state index contributed by atoms with van der Waals surface area (Å²) in [6.07, 6.45) is 2.18. The maximum Gasteiger partial charge on any atom is 0.111 e. The Balaban J connectivity index is 1.98. The molecule has 1 atom stereocenters. The molecule has 1 aliphatic heterocycles. The van der Waals surface area contributed by atoms with Gasteiger partial charge in [-0.15, -0.1) is 0 Å². The van der Waals surface area contributed by atoms with E-state index in [9.17, 15) is 0 Å². The third-order valence-electron chi connectivity index (χ3n) is 3.64. The molecule has 1 unspecified atom stereocenters. The Labute approximate surface area is 108 Å². The van der Waals surface area contributed by atoms with Gasteiger partial charge in [0.2, 0.25) is 0 Å². The third-order valence-corrected chi connectivity index (χ3v) is 3.64. The van der Waals surface area contributed by atoms with Gasteiger partial charge in [-0.25, -0.2) is 4.98 Å². The predicted octanol–water partition coefficient (Wildman–Crippen LogP) is 2.72. The summed E-state index contributed by atoms with van der Waals surface area (Å²) in [5.41, 5.74) is 3.59. The number of hydrogen-bond donors (Lipinski definition) is 2. The Kier molecular flexibility index (Phi) is 3.15. The van der Waals surface area contributed by atoms with Crippen molar-refractivity contribution in [2.75, 3.05) is 13.1 Å². The van der Waals surface area contributed by atoms with Crippen LogP contribution in [-0.4, -0.2) is 23.1 Å². The normalized spacial score (nSPS) is 19.3. The molecule has 1 aliphatic rings. The lowest BCUT2D eigenvalue weighted by Crippen LogP contribution is -2.08. The van der Waals surface area contributed by atoms with E-state index >= 15 is 0 Å². The molecule has 3 nitrogen and oxygen atoms in total. The summed E-state index contributed by atoms with van der Waals surface area (Å²) in [4.78, 5) is 8.36. The van der Waals surface area contributed by atoms with Crippen molar-refractivity contribution < 1.29 is 0 Å². The van der Waals surface area contributed by atoms with Gasteiger partial charge in [-0.3, -0.25) is 0 Å². The molecule has 1 fully saturated rings. The van der Waals surface area contributed by atoms with Crippen LogP contribution in [-0.2, 0) is 6.42 Å². The van der Waals surface area contributed by atoms with E-state index in [2.05, 4.69) is 41.5 Å². The molecule has 18 heavy (non-hydrogen) atoms. The van der Waals surface area contributed by atoms with Crippen molar-refractivity contribution in [3.8, 4) is 11.3 Å². The van der Waals surface area contributed by atoms with Crippen LogP contribution in [0.5, 0.6) is 0 Å². The molecule has 1 saturated heterocycles. The molecular formula is C15H19N3. The molecule has 0 saturated carbocycles. The summed E-state index contributed by atoms with van der Waals surface area (Å²) < 4.78 is 0. The maximum atomic E-state index is 4.84. The van der Waals surface area contributed by atoms with Gasteiger partial charge >= 0.3 is 0 Å². The fourth-order valence-electron chi connectivity index (χ4n) is 2.60. The molecular weight excluding hydrogens is 222 g/mol. The number of aromatic amines is 1. The highest BCUT2D eigenvalue weighted by Gasteiger charge is 2.21. The highest BCUT2D eigenvalue weighted by atomic mass is 15.0. The van der Waals surface area contributed by atoms with Crippen LogP contribution in [0.1, 0.15) is 30.8 Å². The largest absolute Gasteiger partial charge is 0.345 e. The molecule has 0 spiro atoms. The van der Waals surface area contributed by atoms with E-state index in [1.54, 1.807) is 0 Å². The van der Waals surface area contributed by atoms with Crippen LogP contribution in [0.25, 0.3) is 11.3 Å². The van der Waals surface area contributed by atoms with E-state index in [0.717, 1.165) is 31.0 Å². The molecule has 94 valence electrons. The zero-order valence-electron chi connectivity index (χ0n) is 10.7. The summed E-state index contributed by atoms with van der Waals surface area (Å²) in [7, 11) is 0. The van der Waals surface area contributed by atoms with Crippen LogP contribution in [0.3, 0.4) is 0 Å². The summed E-state index contributed by atoms with van der Waals surface area (Å²) in [5.74, 6) is 1.70. The van der Waals surface area contributed by atoms with E-state index in [1.165, 1.54) is 17.7 Å². The quantitative estimate of drug-likeness (QED) is 0.867. The van der Waals surface area contributed by atoms with Gasteiger partial charge in [0.25, 0.3) is 0 Å². The summed E-state index contributed by atoms with van der Waals surface area (Å²) in [6.45, 7) is 4.33. The fraction of sp³-hybridized carbons (Fsp3) is 0.400. The second-order valence-corrected chi connectivity index (χ2v) is 4.86. The third kappa shape index (κ3) is 2.06. The number of benzene rings is 1. The van der Waals surface area contributed by atoms with Gasteiger partial charge in [0.1, 0.15) is 5.82 Å². The fourth-order valence-corrected chi connectivity index (χ4v) is 2.60. The van der Waals surface area contributed by atoms with Crippen LogP contribution in [0.4, 0.5) is 0 Å². The van der Waals surface area contributed by atoms with Crippen LogP contribution in [0.15, 0.2) is 30.3 Å². The van der Waals surface area contributed by atoms with Crippen LogP contribution < -0.4 is 5.32 Å². The lowest BCUT2D eigenvalue weighted by Gasteiger charge is -2.02. The van der Waals surface area contributed by atoms with Crippen molar-refractivity contribution in [1.29, 1.82) is 0 Å². The van der Waals surface area contributed by atoms with Crippen LogP contribution in [0.2, 0.25) is 0 Å². The Morgan fingerprint density at radius 1 is 1.28 bits per heavy atom. The van der Waals surface area contributed by atoms with Crippen molar-refractivity contribution >= 4 is 0 Å². The average molecular weight is 241 g/mol. The molecule has 0 amide bonds. The predicted molar refractivity (Wildman–Crippen MR) is 73.6 cm³/mol. The van der Waals surface area contributed by atoms with Crippen molar-refractivity contribution in [2.24, 2.45) is 0 Å². The van der Waals surface area contributed by atoms with Crippen LogP contribution >= 0.6 is 0 Å². The van der Waals surface area contributed by atoms with E-state index in [-0.39, 0.29) is 0 Å². The molecule has 2 N–H and O–H groups in total. The van der Waals surface area contributed by atoms with Gasteiger partial charge in [0.05, 0.1) is 5.69 Å². The lowest BCUT2D eigenvalue weighted by molar-refractivity contribution is 0.712. The van der Waals surface area contributed by atoms with Gasteiger partial charge in [0, 0.05) is 23.7 Å². The monoisotopic (exact) mass is 241 g/mol. The van der Waals surface area contributed by atoms with Gasteiger partial charge in [-0.05, 0) is 19.4 Å². The molecule has 0 bridgehead atoms. The highest BCUT2D eigenvalue weighted by molar-refractivity contribution is 5.62. The summed E-state index contributed by atoms with van der Waals surface area (Å²) in [6, 6.07) is 10.4. The minimum Gasteiger partial charge on any atom is -0.345 e. The van der Waals surface area contributed by atoms with Crippen molar-refractivity contribution in [3.05, 3.63) is 41.9 Å². The lowest BCUT2D eigenvalue weighted by atomic mass is 10.1. The molecule has 2 heterocycles. The van der Waals surface area contributed by atoms with E-state index in [0.29, 0.717) is 5.92 Å². The zero-order valence-corrected chi connectivity index (χ0v) is 10.7. The molecule has 0 radical (unpaired) electrons. The Bertz CT molecular complexity index is 510. The van der Waals surface area contributed by atoms with Gasteiger partial charge in [0.15, 0.2) is 0 Å². The zero-order chi connectivity index (χ0) is 12.4. The SMILES string of the molecule is CCc1[nH]c(C2CCNC2)nc1-c1ccccc1. The Morgan fingerprint density at radius 2 is 2.11 bits per heavy atom. The highest BCUT2D eigenvalue weighted by Crippen LogP contribution is 2.27. The molecule has 0 aliphatic carbocycles. The first-order chi connectivity index (χ1) is 8.88. The second kappa shape index (κ2) is 4.94. The number of rotatable bonds is 3. The number of hydrogen-bond acceptors (Lipinski definition) is 2. The van der Waals surface area contributed by atoms with Crippen LogP contribution in [0, 0.1) is 0 Å². The minimum atomic E-state index is 0.549. The van der Waals surface area contributed by atoms with Gasteiger partial charge in [-0.1, -0.05) is 37.3 Å². The number of nitrogens with zero attached hydrogens (tertiary/aromatic N) is 1. The number of aromatic nitrogens is 2. The van der Waals surface area contributed by atoms with Crippen molar-refractivity contribution in [3.63, 3.8) is 0 Å². The first-order valence-electron chi connectivity index (χ1n) is 6.73. The van der Waals surface area contributed by atoms with E-state index in [1.807, 2.05) is 6.07 Å². The maximum absolute atomic E-state index is 4.84. The van der Waals surface area contributed by atoms with E-state index in [4.69, 9.17) is 4.98 Å². The van der Waals surface area contributed by atoms with E-state index < -0.39 is 0 Å². The van der Waals surface area contributed by atoms with Crippen molar-refractivity contribution in [1.82, 2.24) is 15.3 Å². The molecule has 3 heteroatoms. The smallest absolute Gasteiger partial charge is 0.111 e. The molecule has 1 aromatic heterocycles. The Morgan fingerprint density at radius 3 is 2.78 bits per heavy atom. The second-order valence-electron chi connectivity index (χ2n) is 4.86. The summed E-state index contributed by atoms with van der Waals surface area (Å²) in [5, 5.41) is 3.40. The first-order valence-corrected chi connectivity index (χ1v) is 6.73. The number of nitrogens with one attached hydrogen (secondary N) is 2. The average Bonchev–Trinajstić information content (AvgIpc) is 3.08. The number of aryl methyl sites for hydroxylation is 1. The van der Waals surface area contributed by atoms with Crippen molar-refractivity contribution in [2.45, 2.75) is 25.7 Å².